The molecule has 0 fully saturated rings. The Morgan fingerprint density at radius 2 is 1.94 bits per heavy atom. The first-order valence-corrected chi connectivity index (χ1v) is 9.72. The molecule has 1 amide bonds. The van der Waals surface area contributed by atoms with Crippen molar-refractivity contribution >= 4 is 35.1 Å². The summed E-state index contributed by atoms with van der Waals surface area (Å²) in [5.41, 5.74) is 2.71. The fraction of sp³-hybridized carbons (Fsp3) is 0.316. The quantitative estimate of drug-likeness (QED) is 0.383. The van der Waals surface area contributed by atoms with Gasteiger partial charge in [0.1, 0.15) is 5.82 Å². The molecule has 0 spiro atoms. The normalized spacial score (nSPS) is 12.9. The van der Waals surface area contributed by atoms with Crippen LogP contribution in [0.25, 0.3) is 5.57 Å². The molecule has 0 saturated carbocycles. The Morgan fingerprint density at radius 3 is 2.47 bits per heavy atom. The smallest absolute Gasteiger partial charge is 0.404 e. The summed E-state index contributed by atoms with van der Waals surface area (Å²) < 4.78 is 93.4. The maximum Gasteiger partial charge on any atom is 0.459 e. The maximum absolute atomic E-state index is 14.5. The average Bonchev–Trinajstić information content (AvgIpc) is 3.08. The summed E-state index contributed by atoms with van der Waals surface area (Å²) in [5, 5.41) is 5.28. The second kappa shape index (κ2) is 10.3. The van der Waals surface area contributed by atoms with Crippen molar-refractivity contribution < 1.29 is 40.6 Å². The molecule has 3 N–H and O–H groups in total. The molecule has 186 valence electrons. The number of benzene rings is 1. The molecule has 0 radical (unpaired) electrons. The number of nitrogens with one attached hydrogen (secondary N) is 1. The zero-order valence-electron chi connectivity index (χ0n) is 17.5. The summed E-state index contributed by atoms with van der Waals surface area (Å²) in [5.74, 6) is -9.64. The molecule has 0 aliphatic heterocycles. The summed E-state index contributed by atoms with van der Waals surface area (Å²) >= 11 is 5.92. The predicted octanol–water partition coefficient (Wildman–Crippen LogP) is 4.97. The van der Waals surface area contributed by atoms with Crippen LogP contribution in [0.5, 0.6) is 5.75 Å². The molecule has 15 heteroatoms. The minimum Gasteiger partial charge on any atom is -0.404 e. The molecule has 34 heavy (non-hydrogen) atoms. The molecule has 0 aliphatic rings. The van der Waals surface area contributed by atoms with Gasteiger partial charge in [0.25, 0.3) is 5.91 Å². The van der Waals surface area contributed by atoms with Crippen molar-refractivity contribution in [3.05, 3.63) is 46.0 Å². The van der Waals surface area contributed by atoms with Gasteiger partial charge in [-0.05, 0) is 18.6 Å². The summed E-state index contributed by atoms with van der Waals surface area (Å²) in [6, 6.07) is 1.85. The van der Waals surface area contributed by atoms with Crippen LogP contribution in [-0.2, 0) is 13.0 Å². The molecule has 0 bridgehead atoms. The third-order valence-corrected chi connectivity index (χ3v) is 4.67. The first kappa shape index (κ1) is 27.0. The maximum atomic E-state index is 14.5. The highest BCUT2D eigenvalue weighted by Crippen LogP contribution is 2.49. The Hall–Kier alpha value is -3.29. The van der Waals surface area contributed by atoms with Gasteiger partial charge in [0.2, 0.25) is 5.75 Å². The molecule has 1 aromatic heterocycles. The number of carbonyl (C=O) groups is 1. The lowest BCUT2D eigenvalue weighted by molar-refractivity contribution is -0.292. The van der Waals surface area contributed by atoms with Crippen molar-refractivity contribution in [2.24, 2.45) is 17.8 Å². The number of halogens is 8. The van der Waals surface area contributed by atoms with Crippen LogP contribution in [0.15, 0.2) is 23.3 Å². The van der Waals surface area contributed by atoms with E-state index in [9.17, 15) is 35.7 Å². The van der Waals surface area contributed by atoms with Crippen LogP contribution in [0, 0.1) is 5.82 Å². The molecular formula is C19H17ClF7N5O2. The van der Waals surface area contributed by atoms with Gasteiger partial charge < -0.3 is 11.1 Å². The fourth-order valence-corrected chi connectivity index (χ4v) is 2.90. The molecular weight excluding hydrogens is 499 g/mol. The highest BCUT2D eigenvalue weighted by molar-refractivity contribution is 6.34. The van der Waals surface area contributed by atoms with Crippen molar-refractivity contribution in [1.82, 2.24) is 15.1 Å². The largest absolute Gasteiger partial charge is 0.459 e. The Morgan fingerprint density at radius 1 is 1.29 bits per heavy atom. The molecule has 7 nitrogen and oxygen atoms in total. The number of amides is 1. The second-order valence-electron chi connectivity index (χ2n) is 6.72. The molecule has 0 atom stereocenters. The zero-order chi connectivity index (χ0) is 25.8. The standard InChI is InChI=1S/C19H17ClF7N5O2/c1-3-4-29-17(33)11-5-10(13(21)6-12(11)20)9(7-28)8-30-16-14(34-27)15(31-32(16)2)18(22,23)19(24,25)26/h5-8H,3-4,28H2,1-2H3,(H,29,33). The van der Waals surface area contributed by atoms with Crippen molar-refractivity contribution in [2.45, 2.75) is 25.4 Å². The number of nitrogens with two attached hydrogens (primary N) is 1. The van der Waals surface area contributed by atoms with Gasteiger partial charge in [-0.25, -0.2) is 14.1 Å². The first-order valence-electron chi connectivity index (χ1n) is 9.34. The third kappa shape index (κ3) is 5.26. The number of rotatable bonds is 8. The summed E-state index contributed by atoms with van der Waals surface area (Å²) in [7, 11) is 0.899. The Bertz CT molecular complexity index is 1130. The number of aliphatic imine (C=N–C) groups is 1. The topological polar surface area (TPSA) is 94.5 Å². The van der Waals surface area contributed by atoms with Gasteiger partial charge in [0.05, 0.1) is 10.6 Å². The number of aromatic nitrogens is 2. The van der Waals surface area contributed by atoms with Gasteiger partial charge in [-0.15, -0.1) is 0 Å². The van der Waals surface area contributed by atoms with Crippen LogP contribution in [0.3, 0.4) is 0 Å². The molecule has 0 unspecified atom stereocenters. The van der Waals surface area contributed by atoms with E-state index in [-0.39, 0.29) is 21.7 Å². The van der Waals surface area contributed by atoms with Crippen LogP contribution >= 0.6 is 11.6 Å². The van der Waals surface area contributed by atoms with Crippen LogP contribution in [-0.4, -0.2) is 34.6 Å². The average molecular weight is 516 g/mol. The first-order chi connectivity index (χ1) is 15.8. The summed E-state index contributed by atoms with van der Waals surface area (Å²) in [6.07, 6.45) is -3.95. The van der Waals surface area contributed by atoms with E-state index in [1.165, 1.54) is 0 Å². The molecule has 2 aromatic rings. The predicted molar refractivity (Wildman–Crippen MR) is 109 cm³/mol. The summed E-state index contributed by atoms with van der Waals surface area (Å²) in [4.78, 5) is 19.0. The second-order valence-corrected chi connectivity index (χ2v) is 7.13. The van der Waals surface area contributed by atoms with Crippen molar-refractivity contribution in [3.8, 4) is 5.75 Å². The Labute approximate surface area is 192 Å². The van der Waals surface area contributed by atoms with E-state index in [0.717, 1.165) is 31.6 Å². The molecule has 1 heterocycles. The highest BCUT2D eigenvalue weighted by Gasteiger charge is 2.62. The third-order valence-electron chi connectivity index (χ3n) is 4.36. The van der Waals surface area contributed by atoms with E-state index in [2.05, 4.69) is 20.3 Å². The fourth-order valence-electron chi connectivity index (χ4n) is 2.66. The molecule has 2 rings (SSSR count). The van der Waals surface area contributed by atoms with E-state index < -0.39 is 41.1 Å². The lowest BCUT2D eigenvalue weighted by Gasteiger charge is -2.17. The number of carbonyl (C=O) groups excluding carboxylic acids is 1. The summed E-state index contributed by atoms with van der Waals surface area (Å²) in [6.45, 7) is 2.11. The molecule has 1 aromatic carbocycles. The molecule has 0 saturated heterocycles. The SMILES string of the molecule is CCCNC(=O)c1cc(C(C=Nc2c(OF)c(C(F)(F)C(F)(F)F)nn2C)=CN)c(F)cc1Cl. The van der Waals surface area contributed by atoms with Crippen LogP contribution < -0.4 is 16.0 Å². The number of aryl methyl sites for hydroxylation is 1. The van der Waals surface area contributed by atoms with Crippen molar-refractivity contribution in [2.75, 3.05) is 6.54 Å². The Balaban J connectivity index is 2.53. The molecule has 0 aliphatic carbocycles. The van der Waals surface area contributed by atoms with E-state index in [1.54, 1.807) is 6.92 Å². The van der Waals surface area contributed by atoms with Crippen LogP contribution in [0.2, 0.25) is 5.02 Å². The van der Waals surface area contributed by atoms with Gasteiger partial charge in [0.15, 0.2) is 11.5 Å². The number of hydrogen-bond acceptors (Lipinski definition) is 5. The van der Waals surface area contributed by atoms with Crippen LogP contribution in [0.1, 0.15) is 35.0 Å². The lowest BCUT2D eigenvalue weighted by Crippen LogP contribution is -2.34. The van der Waals surface area contributed by atoms with Crippen LogP contribution in [0.4, 0.5) is 36.7 Å². The van der Waals surface area contributed by atoms with Gasteiger partial charge in [-0.1, -0.05) is 18.5 Å². The minimum absolute atomic E-state index is 0.125. The van der Waals surface area contributed by atoms with E-state index in [4.69, 9.17) is 17.3 Å². The van der Waals surface area contributed by atoms with E-state index in [0.29, 0.717) is 17.6 Å². The number of hydrogen-bond donors (Lipinski definition) is 2. The van der Waals surface area contributed by atoms with E-state index >= 15 is 0 Å². The van der Waals surface area contributed by atoms with Gasteiger partial charge in [0, 0.05) is 41.7 Å². The number of alkyl halides is 5. The number of nitrogens with zero attached hydrogens (tertiary/aromatic N) is 3. The van der Waals surface area contributed by atoms with Gasteiger partial charge >= 0.3 is 12.1 Å². The monoisotopic (exact) mass is 515 g/mol. The van der Waals surface area contributed by atoms with E-state index in [1.807, 2.05) is 0 Å². The highest BCUT2D eigenvalue weighted by atomic mass is 35.5. The number of allylic oxidation sites excluding steroid dienone is 1. The zero-order valence-corrected chi connectivity index (χ0v) is 18.2. The minimum atomic E-state index is -6.10. The van der Waals surface area contributed by atoms with Crippen molar-refractivity contribution in [3.63, 3.8) is 0 Å². The van der Waals surface area contributed by atoms with Gasteiger partial charge in [-0.3, -0.25) is 9.74 Å². The van der Waals surface area contributed by atoms with Crippen molar-refractivity contribution in [1.29, 1.82) is 0 Å². The lowest BCUT2D eigenvalue weighted by atomic mass is 10.0. The Kier molecular flexibility index (Phi) is 8.18. The van der Waals surface area contributed by atoms with Gasteiger partial charge in [-0.2, -0.15) is 27.1 Å².